The van der Waals surface area contributed by atoms with Crippen molar-refractivity contribution in [3.05, 3.63) is 16.1 Å². The van der Waals surface area contributed by atoms with E-state index in [2.05, 4.69) is 32.7 Å². The van der Waals surface area contributed by atoms with E-state index in [9.17, 15) is 5.11 Å². The van der Waals surface area contributed by atoms with Gasteiger partial charge in [0.05, 0.1) is 11.2 Å². The minimum absolute atomic E-state index is 0.100. The molecule has 0 bridgehead atoms. The van der Waals surface area contributed by atoms with Crippen molar-refractivity contribution in [2.45, 2.75) is 58.3 Å². The van der Waals surface area contributed by atoms with Gasteiger partial charge in [-0.05, 0) is 41.0 Å². The van der Waals surface area contributed by atoms with Gasteiger partial charge in [-0.2, -0.15) is 0 Å². The molecular formula is C13H21NO2S. The van der Waals surface area contributed by atoms with Crippen molar-refractivity contribution < 1.29 is 9.84 Å². The second-order valence-electron chi connectivity index (χ2n) is 6.05. The highest BCUT2D eigenvalue weighted by molar-refractivity contribution is 7.09. The smallest absolute Gasteiger partial charge is 0.122 e. The number of ether oxygens (including phenoxy) is 1. The lowest BCUT2D eigenvalue weighted by atomic mass is 9.83. The number of aromatic nitrogens is 1. The van der Waals surface area contributed by atoms with Crippen molar-refractivity contribution in [3.63, 3.8) is 0 Å². The number of aliphatic hydroxyl groups is 1. The third-order valence-corrected chi connectivity index (χ3v) is 4.45. The van der Waals surface area contributed by atoms with Crippen LogP contribution in [0, 0.1) is 12.8 Å². The Bertz CT molecular complexity index is 411. The van der Waals surface area contributed by atoms with Crippen LogP contribution in [0.2, 0.25) is 0 Å². The molecule has 2 heterocycles. The Hall–Kier alpha value is -0.450. The number of aryl methyl sites for hydroxylation is 1. The van der Waals surface area contributed by atoms with Gasteiger partial charge in [0, 0.05) is 17.0 Å². The Morgan fingerprint density at radius 2 is 2.12 bits per heavy atom. The predicted molar refractivity (Wildman–Crippen MR) is 69.2 cm³/mol. The van der Waals surface area contributed by atoms with E-state index in [4.69, 9.17) is 4.74 Å². The van der Waals surface area contributed by atoms with Gasteiger partial charge in [-0.25, -0.2) is 4.98 Å². The van der Waals surface area contributed by atoms with Crippen molar-refractivity contribution >= 4 is 11.3 Å². The number of nitrogens with zero attached hydrogens (tertiary/aromatic N) is 1. The van der Waals surface area contributed by atoms with E-state index in [1.807, 2.05) is 12.3 Å². The molecular weight excluding hydrogens is 234 g/mol. The molecule has 0 radical (unpaired) electrons. The van der Waals surface area contributed by atoms with Crippen LogP contribution in [-0.2, 0) is 4.74 Å². The quantitative estimate of drug-likeness (QED) is 0.883. The molecule has 1 aliphatic rings. The van der Waals surface area contributed by atoms with Gasteiger partial charge >= 0.3 is 0 Å². The van der Waals surface area contributed by atoms with Crippen LogP contribution in [0.5, 0.6) is 0 Å². The third-order valence-electron chi connectivity index (χ3n) is 3.41. The van der Waals surface area contributed by atoms with Crippen LogP contribution in [-0.4, -0.2) is 21.3 Å². The Kier molecular flexibility index (Phi) is 3.09. The summed E-state index contributed by atoms with van der Waals surface area (Å²) in [6, 6.07) is 0. The molecule has 0 aliphatic carbocycles. The lowest BCUT2D eigenvalue weighted by Crippen LogP contribution is -2.32. The summed E-state index contributed by atoms with van der Waals surface area (Å²) in [4.78, 5) is 4.38. The molecule has 1 N–H and O–H groups in total. The molecule has 17 heavy (non-hydrogen) atoms. The van der Waals surface area contributed by atoms with E-state index in [0.29, 0.717) is 0 Å². The van der Waals surface area contributed by atoms with E-state index in [1.54, 1.807) is 0 Å². The molecule has 0 aromatic carbocycles. The van der Waals surface area contributed by atoms with Crippen molar-refractivity contribution in [2.24, 2.45) is 5.92 Å². The largest absolute Gasteiger partial charge is 0.386 e. The Labute approximate surface area is 107 Å². The van der Waals surface area contributed by atoms with E-state index in [0.717, 1.165) is 17.1 Å². The molecule has 3 nitrogen and oxygen atoms in total. The standard InChI is InChI=1S/C13H21NO2S/c1-8-7-17-11(14-8)10(15)9-6-12(2,3)16-13(9,4)5/h7,9-10,15H,6H2,1-5H3. The van der Waals surface area contributed by atoms with Crippen molar-refractivity contribution in [1.82, 2.24) is 4.98 Å². The first kappa shape index (κ1) is 13.0. The van der Waals surface area contributed by atoms with Crippen LogP contribution in [0.4, 0.5) is 0 Å². The van der Waals surface area contributed by atoms with Gasteiger partial charge < -0.3 is 9.84 Å². The highest BCUT2D eigenvalue weighted by Crippen LogP contribution is 2.47. The van der Waals surface area contributed by atoms with E-state index >= 15 is 0 Å². The lowest BCUT2D eigenvalue weighted by molar-refractivity contribution is -0.0880. The van der Waals surface area contributed by atoms with Crippen molar-refractivity contribution in [2.75, 3.05) is 0 Å². The number of aliphatic hydroxyl groups excluding tert-OH is 1. The molecule has 1 fully saturated rings. The monoisotopic (exact) mass is 255 g/mol. The fraction of sp³-hybridized carbons (Fsp3) is 0.769. The van der Waals surface area contributed by atoms with E-state index in [-0.39, 0.29) is 17.1 Å². The maximum absolute atomic E-state index is 10.5. The molecule has 1 aromatic rings. The molecule has 1 aliphatic heterocycles. The average Bonchev–Trinajstić information content (AvgIpc) is 2.66. The molecule has 4 heteroatoms. The average molecular weight is 255 g/mol. The lowest BCUT2D eigenvalue weighted by Gasteiger charge is -2.29. The van der Waals surface area contributed by atoms with Crippen LogP contribution in [0.25, 0.3) is 0 Å². The summed E-state index contributed by atoms with van der Waals surface area (Å²) in [5.74, 6) is 0.100. The third kappa shape index (κ3) is 2.54. The van der Waals surface area contributed by atoms with Gasteiger partial charge in [-0.1, -0.05) is 0 Å². The first-order valence-corrected chi connectivity index (χ1v) is 6.89. The SMILES string of the molecule is Cc1csc(C(O)C2CC(C)(C)OC2(C)C)n1. The minimum Gasteiger partial charge on any atom is -0.386 e. The number of rotatable bonds is 2. The normalized spacial score (nSPS) is 28.2. The number of thiazole rings is 1. The van der Waals surface area contributed by atoms with Gasteiger partial charge in [0.2, 0.25) is 0 Å². The van der Waals surface area contributed by atoms with Gasteiger partial charge in [0.1, 0.15) is 11.1 Å². The zero-order chi connectivity index (χ0) is 12.8. The Balaban J connectivity index is 2.23. The summed E-state index contributed by atoms with van der Waals surface area (Å²) in [5, 5.41) is 13.3. The maximum atomic E-state index is 10.5. The Morgan fingerprint density at radius 3 is 2.53 bits per heavy atom. The van der Waals surface area contributed by atoms with Crippen molar-refractivity contribution in [3.8, 4) is 0 Å². The summed E-state index contributed by atoms with van der Waals surface area (Å²) < 4.78 is 6.02. The van der Waals surface area contributed by atoms with Crippen LogP contribution in [0.15, 0.2) is 5.38 Å². The molecule has 2 atom stereocenters. The van der Waals surface area contributed by atoms with Crippen LogP contribution < -0.4 is 0 Å². The molecule has 2 rings (SSSR count). The molecule has 96 valence electrons. The Morgan fingerprint density at radius 1 is 1.47 bits per heavy atom. The van der Waals surface area contributed by atoms with Gasteiger partial charge in [0.15, 0.2) is 0 Å². The first-order chi connectivity index (χ1) is 7.71. The van der Waals surface area contributed by atoms with E-state index in [1.165, 1.54) is 11.3 Å². The van der Waals surface area contributed by atoms with Crippen LogP contribution in [0.3, 0.4) is 0 Å². The van der Waals surface area contributed by atoms with Gasteiger partial charge in [-0.3, -0.25) is 0 Å². The second-order valence-corrected chi connectivity index (χ2v) is 6.94. The highest BCUT2D eigenvalue weighted by atomic mass is 32.1. The first-order valence-electron chi connectivity index (χ1n) is 6.01. The summed E-state index contributed by atoms with van der Waals surface area (Å²) in [7, 11) is 0. The number of hydrogen-bond acceptors (Lipinski definition) is 4. The second kappa shape index (κ2) is 4.04. The minimum atomic E-state index is -0.523. The van der Waals surface area contributed by atoms with Crippen LogP contribution >= 0.6 is 11.3 Å². The summed E-state index contributed by atoms with van der Waals surface area (Å²) in [6.07, 6.45) is 0.338. The summed E-state index contributed by atoms with van der Waals surface area (Å²) >= 11 is 1.53. The summed E-state index contributed by atoms with van der Waals surface area (Å²) in [5.41, 5.74) is 0.504. The summed E-state index contributed by atoms with van der Waals surface area (Å²) in [6.45, 7) is 10.2. The van der Waals surface area contributed by atoms with Gasteiger partial charge in [0.25, 0.3) is 0 Å². The fourth-order valence-corrected chi connectivity index (χ4v) is 3.62. The molecule has 0 spiro atoms. The zero-order valence-electron chi connectivity index (χ0n) is 11.2. The fourth-order valence-electron chi connectivity index (χ4n) is 2.78. The molecule has 2 unspecified atom stereocenters. The van der Waals surface area contributed by atoms with Gasteiger partial charge in [-0.15, -0.1) is 11.3 Å². The highest BCUT2D eigenvalue weighted by Gasteiger charge is 2.49. The van der Waals surface area contributed by atoms with E-state index < -0.39 is 6.10 Å². The molecule has 0 saturated carbocycles. The van der Waals surface area contributed by atoms with Crippen molar-refractivity contribution in [1.29, 1.82) is 0 Å². The maximum Gasteiger partial charge on any atom is 0.122 e. The predicted octanol–water partition coefficient (Wildman–Crippen LogP) is 3.08. The molecule has 1 aromatic heterocycles. The zero-order valence-corrected chi connectivity index (χ0v) is 12.0. The number of hydrogen-bond donors (Lipinski definition) is 1. The molecule has 0 amide bonds. The topological polar surface area (TPSA) is 42.4 Å². The van der Waals surface area contributed by atoms with Crippen LogP contribution in [0.1, 0.15) is 50.9 Å². The molecule has 1 saturated heterocycles.